The van der Waals surface area contributed by atoms with E-state index in [9.17, 15) is 8.78 Å². The fourth-order valence-corrected chi connectivity index (χ4v) is 3.39. The molecule has 0 saturated heterocycles. The molecule has 2 aromatic carbocycles. The Morgan fingerprint density at radius 2 is 1.83 bits per heavy atom. The second-order valence-electron chi connectivity index (χ2n) is 4.73. The average molecular weight is 393 g/mol. The van der Waals surface area contributed by atoms with E-state index in [0.717, 1.165) is 5.56 Å². The predicted octanol–water partition coefficient (Wildman–Crippen LogP) is 4.56. The summed E-state index contributed by atoms with van der Waals surface area (Å²) in [6.07, 6.45) is 0. The minimum Gasteiger partial charge on any atom is -0.206 e. The highest BCUT2D eigenvalue weighted by molar-refractivity contribution is 9.10. The highest BCUT2D eigenvalue weighted by atomic mass is 79.9. The lowest BCUT2D eigenvalue weighted by Crippen LogP contribution is -1.93. The summed E-state index contributed by atoms with van der Waals surface area (Å²) < 4.78 is 29.2. The fraction of sp³-hybridized carbons (Fsp3) is 0. The van der Waals surface area contributed by atoms with Gasteiger partial charge in [-0.2, -0.15) is 9.61 Å². The molecule has 0 amide bonds. The molecule has 114 valence electrons. The Morgan fingerprint density at radius 3 is 2.61 bits per heavy atom. The number of benzene rings is 2. The van der Waals surface area contributed by atoms with Crippen LogP contribution in [0.5, 0.6) is 0 Å². The van der Waals surface area contributed by atoms with Gasteiger partial charge in [0.2, 0.25) is 4.96 Å². The van der Waals surface area contributed by atoms with Crippen LogP contribution in [0.3, 0.4) is 0 Å². The third kappa shape index (κ3) is 2.43. The van der Waals surface area contributed by atoms with Crippen LogP contribution >= 0.6 is 27.3 Å². The third-order valence-corrected chi connectivity index (χ3v) is 4.83. The van der Waals surface area contributed by atoms with Crippen LogP contribution in [0.4, 0.5) is 8.78 Å². The smallest absolute Gasteiger partial charge is 0.206 e. The molecule has 0 aliphatic rings. The van der Waals surface area contributed by atoms with Crippen molar-refractivity contribution in [2.75, 3.05) is 0 Å². The number of rotatable bonds is 2. The summed E-state index contributed by atoms with van der Waals surface area (Å²) in [5.74, 6) is -0.397. The molecule has 0 bridgehead atoms. The minimum atomic E-state index is -0.388. The van der Waals surface area contributed by atoms with Crippen LogP contribution in [0.15, 0.2) is 46.9 Å². The van der Waals surface area contributed by atoms with Crippen molar-refractivity contribution in [3.05, 3.63) is 58.6 Å². The number of fused-ring (bicyclic) bond motifs is 1. The maximum atomic E-state index is 14.0. The molecule has 0 unspecified atom stereocenters. The lowest BCUT2D eigenvalue weighted by atomic mass is 10.2. The van der Waals surface area contributed by atoms with Gasteiger partial charge in [0.1, 0.15) is 16.6 Å². The first-order valence-corrected chi connectivity index (χ1v) is 8.17. The lowest BCUT2D eigenvalue weighted by Gasteiger charge is -1.99. The Bertz CT molecular complexity index is 1030. The van der Waals surface area contributed by atoms with E-state index in [4.69, 9.17) is 0 Å². The molecule has 2 heterocycles. The molecule has 0 spiro atoms. The molecule has 23 heavy (non-hydrogen) atoms. The van der Waals surface area contributed by atoms with E-state index in [-0.39, 0.29) is 11.6 Å². The molecule has 4 nitrogen and oxygen atoms in total. The quantitative estimate of drug-likeness (QED) is 0.502. The van der Waals surface area contributed by atoms with Crippen LogP contribution in [0.1, 0.15) is 0 Å². The molecule has 0 radical (unpaired) electrons. The monoisotopic (exact) mass is 392 g/mol. The first kappa shape index (κ1) is 14.4. The molecule has 4 rings (SSSR count). The van der Waals surface area contributed by atoms with E-state index in [0.29, 0.717) is 25.8 Å². The molecule has 8 heteroatoms. The van der Waals surface area contributed by atoms with E-state index in [1.54, 1.807) is 30.3 Å². The highest BCUT2D eigenvalue weighted by Crippen LogP contribution is 2.30. The Balaban J connectivity index is 1.86. The van der Waals surface area contributed by atoms with Crippen molar-refractivity contribution in [1.29, 1.82) is 0 Å². The van der Waals surface area contributed by atoms with Gasteiger partial charge in [-0.15, -0.1) is 10.2 Å². The molecule has 0 aliphatic heterocycles. The van der Waals surface area contributed by atoms with Crippen LogP contribution in [0, 0.1) is 11.6 Å². The molecule has 0 fully saturated rings. The van der Waals surface area contributed by atoms with E-state index < -0.39 is 0 Å². The Kier molecular flexibility index (Phi) is 3.42. The minimum absolute atomic E-state index is 0.331. The standard InChI is InChI=1S/C15H7BrF2N4S/c16-10-7-8(5-6-12(10)18)14-21-22-13(19-20-15(22)23-14)9-3-1-2-4-11(9)17/h1-7H. The van der Waals surface area contributed by atoms with Gasteiger partial charge in [-0.1, -0.05) is 23.5 Å². The maximum absolute atomic E-state index is 14.0. The molecular formula is C15H7BrF2N4S. The summed E-state index contributed by atoms with van der Waals surface area (Å²) >= 11 is 4.45. The summed E-state index contributed by atoms with van der Waals surface area (Å²) in [6.45, 7) is 0. The zero-order valence-electron chi connectivity index (χ0n) is 11.4. The van der Waals surface area contributed by atoms with Crippen molar-refractivity contribution < 1.29 is 8.78 Å². The first-order chi connectivity index (χ1) is 11.1. The topological polar surface area (TPSA) is 43.1 Å². The van der Waals surface area contributed by atoms with E-state index in [2.05, 4.69) is 31.2 Å². The van der Waals surface area contributed by atoms with Crippen LogP contribution in [0.25, 0.3) is 26.9 Å². The van der Waals surface area contributed by atoms with Gasteiger partial charge >= 0.3 is 0 Å². The summed E-state index contributed by atoms with van der Waals surface area (Å²) in [4.78, 5) is 0.540. The molecular weight excluding hydrogens is 386 g/mol. The van der Waals surface area contributed by atoms with Gasteiger partial charge in [0.05, 0.1) is 10.0 Å². The Morgan fingerprint density at radius 1 is 1.00 bits per heavy atom. The van der Waals surface area contributed by atoms with E-state index >= 15 is 0 Å². The predicted molar refractivity (Wildman–Crippen MR) is 87.1 cm³/mol. The maximum Gasteiger partial charge on any atom is 0.235 e. The van der Waals surface area contributed by atoms with Crippen molar-refractivity contribution in [3.63, 3.8) is 0 Å². The van der Waals surface area contributed by atoms with Crippen LogP contribution in [-0.4, -0.2) is 19.8 Å². The van der Waals surface area contributed by atoms with Gasteiger partial charge < -0.3 is 0 Å². The first-order valence-electron chi connectivity index (χ1n) is 6.56. The van der Waals surface area contributed by atoms with Gasteiger partial charge in [-0.25, -0.2) is 8.78 Å². The average Bonchev–Trinajstić information content (AvgIpc) is 3.11. The van der Waals surface area contributed by atoms with Gasteiger partial charge in [0, 0.05) is 5.56 Å². The number of aromatic nitrogens is 4. The molecule has 4 aromatic rings. The SMILES string of the molecule is Fc1ccc(-c2nn3c(-c4ccccc4F)nnc3s2)cc1Br. The summed E-state index contributed by atoms with van der Waals surface area (Å²) in [5, 5.41) is 13.1. The number of halogens is 3. The second kappa shape index (κ2) is 5.47. The third-order valence-electron chi connectivity index (χ3n) is 3.27. The van der Waals surface area contributed by atoms with Crippen molar-refractivity contribution in [1.82, 2.24) is 19.8 Å². The zero-order valence-corrected chi connectivity index (χ0v) is 13.8. The molecule has 0 aliphatic carbocycles. The normalized spacial score (nSPS) is 11.3. The number of hydrogen-bond donors (Lipinski definition) is 0. The molecule has 0 N–H and O–H groups in total. The van der Waals surface area contributed by atoms with Crippen molar-refractivity contribution in [3.8, 4) is 22.0 Å². The van der Waals surface area contributed by atoms with Crippen LogP contribution in [0.2, 0.25) is 0 Å². The van der Waals surface area contributed by atoms with Crippen molar-refractivity contribution in [2.24, 2.45) is 0 Å². The van der Waals surface area contributed by atoms with E-state index in [1.165, 1.54) is 28.0 Å². The number of nitrogens with zero attached hydrogens (tertiary/aromatic N) is 4. The molecule has 0 saturated carbocycles. The summed E-state index contributed by atoms with van der Waals surface area (Å²) in [6, 6.07) is 11.0. The van der Waals surface area contributed by atoms with Crippen molar-refractivity contribution in [2.45, 2.75) is 0 Å². The highest BCUT2D eigenvalue weighted by Gasteiger charge is 2.17. The van der Waals surface area contributed by atoms with Gasteiger partial charge in [0.25, 0.3) is 0 Å². The lowest BCUT2D eigenvalue weighted by molar-refractivity contribution is 0.621. The van der Waals surface area contributed by atoms with Crippen LogP contribution in [-0.2, 0) is 0 Å². The van der Waals surface area contributed by atoms with Gasteiger partial charge in [-0.3, -0.25) is 0 Å². The fourth-order valence-electron chi connectivity index (χ4n) is 2.17. The largest absolute Gasteiger partial charge is 0.235 e. The van der Waals surface area contributed by atoms with Gasteiger partial charge in [0.15, 0.2) is 5.82 Å². The zero-order chi connectivity index (χ0) is 16.0. The second-order valence-corrected chi connectivity index (χ2v) is 6.54. The van der Waals surface area contributed by atoms with Gasteiger partial charge in [-0.05, 0) is 46.3 Å². The molecule has 2 aromatic heterocycles. The van der Waals surface area contributed by atoms with Crippen molar-refractivity contribution >= 4 is 32.2 Å². The molecule has 0 atom stereocenters. The van der Waals surface area contributed by atoms with E-state index in [1.807, 2.05) is 0 Å². The summed E-state index contributed by atoms with van der Waals surface area (Å²) in [7, 11) is 0. The summed E-state index contributed by atoms with van der Waals surface area (Å²) in [5.41, 5.74) is 1.07. The Labute approximate surface area is 141 Å². The number of hydrogen-bond acceptors (Lipinski definition) is 4. The Hall–Kier alpha value is -2.19. The van der Waals surface area contributed by atoms with Crippen LogP contribution < -0.4 is 0 Å².